The summed E-state index contributed by atoms with van der Waals surface area (Å²) in [6, 6.07) is 21.5. The van der Waals surface area contributed by atoms with E-state index in [4.69, 9.17) is 14.0 Å². The topological polar surface area (TPSA) is 86.5 Å². The molecule has 4 aromatic rings. The van der Waals surface area contributed by atoms with Crippen molar-refractivity contribution in [2.75, 3.05) is 19.5 Å². The molecule has 1 N–H and O–H groups in total. The van der Waals surface area contributed by atoms with E-state index in [0.717, 1.165) is 16.9 Å². The first-order valence-corrected chi connectivity index (χ1v) is 9.20. The minimum absolute atomic E-state index is 0.204. The summed E-state index contributed by atoms with van der Waals surface area (Å²) in [5.74, 6) is 2.14. The normalized spacial score (nSPS) is 10.5. The van der Waals surface area contributed by atoms with Gasteiger partial charge in [-0.25, -0.2) is 0 Å². The van der Waals surface area contributed by atoms with Crippen LogP contribution in [-0.2, 0) is 0 Å². The Morgan fingerprint density at radius 3 is 1.97 bits per heavy atom. The maximum atomic E-state index is 12.4. The molecule has 1 heterocycles. The quantitative estimate of drug-likeness (QED) is 0.505. The van der Waals surface area contributed by atoms with E-state index in [0.29, 0.717) is 28.7 Å². The summed E-state index contributed by atoms with van der Waals surface area (Å²) in [4.78, 5) is 16.8. The maximum Gasteiger partial charge on any atom is 0.258 e. The van der Waals surface area contributed by atoms with Crippen LogP contribution in [0.5, 0.6) is 11.5 Å². The molecule has 0 radical (unpaired) electrons. The van der Waals surface area contributed by atoms with E-state index in [9.17, 15) is 4.79 Å². The number of hydrogen-bond donors (Lipinski definition) is 1. The van der Waals surface area contributed by atoms with Crippen molar-refractivity contribution in [2.45, 2.75) is 0 Å². The Hall–Kier alpha value is -4.13. The Morgan fingerprint density at radius 1 is 0.800 bits per heavy atom. The Morgan fingerprint density at radius 2 is 1.37 bits per heavy atom. The lowest BCUT2D eigenvalue weighted by atomic mass is 10.1. The first-order chi connectivity index (χ1) is 14.7. The number of benzene rings is 3. The molecular formula is C23H19N3O4. The number of amides is 1. The summed E-state index contributed by atoms with van der Waals surface area (Å²) in [6.45, 7) is 0. The van der Waals surface area contributed by atoms with Gasteiger partial charge in [-0.2, -0.15) is 4.98 Å². The highest BCUT2D eigenvalue weighted by molar-refractivity contribution is 6.04. The van der Waals surface area contributed by atoms with Crippen molar-refractivity contribution in [3.8, 4) is 34.3 Å². The van der Waals surface area contributed by atoms with Crippen LogP contribution < -0.4 is 14.8 Å². The predicted octanol–water partition coefficient (Wildman–Crippen LogP) is 4.67. The van der Waals surface area contributed by atoms with E-state index in [2.05, 4.69) is 15.5 Å². The van der Waals surface area contributed by atoms with Gasteiger partial charge in [0.05, 0.1) is 14.2 Å². The summed E-state index contributed by atoms with van der Waals surface area (Å²) in [6.07, 6.45) is 0. The Kier molecular flexibility index (Phi) is 5.43. The van der Waals surface area contributed by atoms with Crippen LogP contribution in [0.2, 0.25) is 0 Å². The van der Waals surface area contributed by atoms with Crippen LogP contribution in [0.1, 0.15) is 10.4 Å². The lowest BCUT2D eigenvalue weighted by Crippen LogP contribution is -2.11. The van der Waals surface area contributed by atoms with E-state index in [1.165, 1.54) is 0 Å². The van der Waals surface area contributed by atoms with Crippen LogP contribution in [0.4, 0.5) is 5.69 Å². The highest BCUT2D eigenvalue weighted by Gasteiger charge is 2.12. The summed E-state index contributed by atoms with van der Waals surface area (Å²) < 4.78 is 15.6. The Bertz CT molecular complexity index is 1130. The molecule has 0 aliphatic carbocycles. The fraction of sp³-hybridized carbons (Fsp3) is 0.0870. The molecule has 0 bridgehead atoms. The van der Waals surface area contributed by atoms with E-state index in [1.807, 2.05) is 36.4 Å². The number of carbonyl (C=O) groups excluding carboxylic acids is 1. The Balaban J connectivity index is 1.45. The number of rotatable bonds is 6. The van der Waals surface area contributed by atoms with E-state index >= 15 is 0 Å². The molecule has 1 aromatic heterocycles. The van der Waals surface area contributed by atoms with Crippen molar-refractivity contribution >= 4 is 11.6 Å². The van der Waals surface area contributed by atoms with Gasteiger partial charge in [-0.05, 0) is 72.8 Å². The van der Waals surface area contributed by atoms with E-state index < -0.39 is 0 Å². The largest absolute Gasteiger partial charge is 0.497 e. The van der Waals surface area contributed by atoms with Gasteiger partial charge in [-0.3, -0.25) is 4.79 Å². The number of anilines is 1. The van der Waals surface area contributed by atoms with E-state index in [1.54, 1.807) is 50.6 Å². The third kappa shape index (κ3) is 4.15. The molecule has 7 heteroatoms. The van der Waals surface area contributed by atoms with Crippen LogP contribution >= 0.6 is 0 Å². The molecule has 3 aromatic carbocycles. The molecule has 1 amide bonds. The zero-order chi connectivity index (χ0) is 20.9. The average molecular weight is 401 g/mol. The molecule has 150 valence electrons. The predicted molar refractivity (Wildman–Crippen MR) is 113 cm³/mol. The molecular weight excluding hydrogens is 382 g/mol. The van der Waals surface area contributed by atoms with Gasteiger partial charge in [-0.1, -0.05) is 5.16 Å². The fourth-order valence-electron chi connectivity index (χ4n) is 2.84. The SMILES string of the molecule is COc1ccc(C(=O)Nc2ccc(-c3nc(-c4ccc(OC)cc4)no3)cc2)cc1. The van der Waals surface area contributed by atoms with Gasteiger partial charge >= 0.3 is 0 Å². The minimum Gasteiger partial charge on any atom is -0.497 e. The van der Waals surface area contributed by atoms with Crippen LogP contribution in [0.3, 0.4) is 0 Å². The number of carbonyl (C=O) groups is 1. The molecule has 0 atom stereocenters. The van der Waals surface area contributed by atoms with Crippen molar-refractivity contribution in [3.63, 3.8) is 0 Å². The highest BCUT2D eigenvalue weighted by Crippen LogP contribution is 2.25. The first-order valence-electron chi connectivity index (χ1n) is 9.20. The Labute approximate surface area is 173 Å². The molecule has 0 spiro atoms. The average Bonchev–Trinajstić information content (AvgIpc) is 3.30. The number of aromatic nitrogens is 2. The molecule has 7 nitrogen and oxygen atoms in total. The maximum absolute atomic E-state index is 12.4. The number of nitrogens with one attached hydrogen (secondary N) is 1. The third-order valence-electron chi connectivity index (χ3n) is 4.52. The molecule has 0 saturated carbocycles. The summed E-state index contributed by atoms with van der Waals surface area (Å²) in [5.41, 5.74) is 2.79. The highest BCUT2D eigenvalue weighted by atomic mass is 16.5. The second-order valence-electron chi connectivity index (χ2n) is 6.41. The van der Waals surface area contributed by atoms with Gasteiger partial charge in [0.1, 0.15) is 11.5 Å². The summed E-state index contributed by atoms with van der Waals surface area (Å²) in [5, 5.41) is 6.89. The molecule has 0 unspecified atom stereocenters. The summed E-state index contributed by atoms with van der Waals surface area (Å²) >= 11 is 0. The standard InChI is InChI=1S/C23H19N3O4/c1-28-19-11-5-15(6-12-19)21-25-23(30-26-21)17-3-9-18(10-4-17)24-22(27)16-7-13-20(29-2)14-8-16/h3-14H,1-2H3,(H,24,27). The zero-order valence-corrected chi connectivity index (χ0v) is 16.5. The molecule has 0 aliphatic heterocycles. The summed E-state index contributed by atoms with van der Waals surface area (Å²) in [7, 11) is 3.20. The molecule has 4 rings (SSSR count). The van der Waals surface area contributed by atoms with Crippen LogP contribution in [0, 0.1) is 0 Å². The van der Waals surface area contributed by atoms with Crippen LogP contribution in [-0.4, -0.2) is 30.3 Å². The second-order valence-corrected chi connectivity index (χ2v) is 6.41. The smallest absolute Gasteiger partial charge is 0.258 e. The van der Waals surface area contributed by atoms with Gasteiger partial charge in [0, 0.05) is 22.4 Å². The van der Waals surface area contributed by atoms with Crippen molar-refractivity contribution in [1.82, 2.24) is 10.1 Å². The van der Waals surface area contributed by atoms with Crippen LogP contribution in [0.15, 0.2) is 77.3 Å². The van der Waals surface area contributed by atoms with Crippen molar-refractivity contribution < 1.29 is 18.8 Å². The van der Waals surface area contributed by atoms with Crippen molar-refractivity contribution in [1.29, 1.82) is 0 Å². The second kappa shape index (κ2) is 8.48. The first kappa shape index (κ1) is 19.2. The van der Waals surface area contributed by atoms with Gasteiger partial charge in [0.15, 0.2) is 0 Å². The van der Waals surface area contributed by atoms with E-state index in [-0.39, 0.29) is 5.91 Å². The third-order valence-corrected chi connectivity index (χ3v) is 4.52. The van der Waals surface area contributed by atoms with Gasteiger partial charge < -0.3 is 19.3 Å². The molecule has 0 aliphatic rings. The van der Waals surface area contributed by atoms with Gasteiger partial charge in [0.25, 0.3) is 11.8 Å². The van der Waals surface area contributed by atoms with Crippen molar-refractivity contribution in [2.24, 2.45) is 0 Å². The number of hydrogen-bond acceptors (Lipinski definition) is 6. The van der Waals surface area contributed by atoms with Crippen molar-refractivity contribution in [3.05, 3.63) is 78.4 Å². The zero-order valence-electron chi connectivity index (χ0n) is 16.5. The number of nitrogens with zero attached hydrogens (tertiary/aromatic N) is 2. The fourth-order valence-corrected chi connectivity index (χ4v) is 2.84. The van der Waals surface area contributed by atoms with Gasteiger partial charge in [-0.15, -0.1) is 0 Å². The number of methoxy groups -OCH3 is 2. The lowest BCUT2D eigenvalue weighted by Gasteiger charge is -2.06. The molecule has 0 saturated heterocycles. The number of ether oxygens (including phenoxy) is 2. The van der Waals surface area contributed by atoms with Crippen LogP contribution in [0.25, 0.3) is 22.8 Å². The molecule has 30 heavy (non-hydrogen) atoms. The lowest BCUT2D eigenvalue weighted by molar-refractivity contribution is 0.102. The van der Waals surface area contributed by atoms with Gasteiger partial charge in [0.2, 0.25) is 5.82 Å². The monoisotopic (exact) mass is 401 g/mol. The minimum atomic E-state index is -0.204. The molecule has 0 fully saturated rings.